The molecule has 3 rings (SSSR count). The highest BCUT2D eigenvalue weighted by atomic mass is 19.2. The van der Waals surface area contributed by atoms with Crippen LogP contribution in [0.15, 0.2) is 36.5 Å². The Morgan fingerprint density at radius 3 is 2.48 bits per heavy atom. The van der Waals surface area contributed by atoms with Crippen molar-refractivity contribution in [3.63, 3.8) is 0 Å². The second kappa shape index (κ2) is 4.66. The number of aromatic nitrogens is 1. The smallest absolute Gasteiger partial charge is 0.197 e. The number of anilines is 1. The molecule has 0 bridgehead atoms. The first-order chi connectivity index (χ1) is 9.97. The Hall–Kier alpha value is -2.76. The highest BCUT2D eigenvalue weighted by Gasteiger charge is 2.19. The molecule has 3 N–H and O–H groups in total. The van der Waals surface area contributed by atoms with E-state index in [9.17, 15) is 18.0 Å². The van der Waals surface area contributed by atoms with Gasteiger partial charge in [-0.15, -0.1) is 0 Å². The van der Waals surface area contributed by atoms with Crippen LogP contribution in [0, 0.1) is 17.5 Å². The average molecular weight is 290 g/mol. The highest BCUT2D eigenvalue weighted by Crippen LogP contribution is 2.25. The average Bonchev–Trinajstić information content (AvgIpc) is 2.85. The van der Waals surface area contributed by atoms with Gasteiger partial charge in [0.2, 0.25) is 0 Å². The molecular formula is C15H9F3N2O. The van der Waals surface area contributed by atoms with E-state index in [1.807, 2.05) is 0 Å². The summed E-state index contributed by atoms with van der Waals surface area (Å²) in [4.78, 5) is 15.2. The van der Waals surface area contributed by atoms with Crippen molar-refractivity contribution in [2.24, 2.45) is 0 Å². The van der Waals surface area contributed by atoms with Crippen LogP contribution in [0.2, 0.25) is 0 Å². The molecular weight excluding hydrogens is 281 g/mol. The van der Waals surface area contributed by atoms with Gasteiger partial charge in [0.05, 0.1) is 0 Å². The van der Waals surface area contributed by atoms with Gasteiger partial charge in [0.15, 0.2) is 17.4 Å². The number of carbonyl (C=O) groups excluding carboxylic acids is 1. The summed E-state index contributed by atoms with van der Waals surface area (Å²) in [6.45, 7) is 0. The van der Waals surface area contributed by atoms with E-state index in [-0.39, 0.29) is 16.8 Å². The topological polar surface area (TPSA) is 58.9 Å². The number of halogens is 3. The molecule has 0 saturated carbocycles. The minimum absolute atomic E-state index is 0.141. The number of hydrogen-bond donors (Lipinski definition) is 2. The van der Waals surface area contributed by atoms with Gasteiger partial charge < -0.3 is 10.7 Å². The van der Waals surface area contributed by atoms with Crippen LogP contribution in [-0.2, 0) is 0 Å². The van der Waals surface area contributed by atoms with E-state index < -0.39 is 23.2 Å². The lowest BCUT2D eigenvalue weighted by molar-refractivity contribution is 0.104. The van der Waals surface area contributed by atoms with Gasteiger partial charge in [0, 0.05) is 40.0 Å². The number of aromatic amines is 1. The number of H-pyrrole nitrogens is 1. The Morgan fingerprint density at radius 1 is 1.00 bits per heavy atom. The number of nitrogens with two attached hydrogens (primary N) is 1. The van der Waals surface area contributed by atoms with Gasteiger partial charge in [-0.05, 0) is 24.3 Å². The minimum Gasteiger partial charge on any atom is -0.398 e. The van der Waals surface area contributed by atoms with E-state index >= 15 is 0 Å². The van der Waals surface area contributed by atoms with Crippen molar-refractivity contribution in [2.45, 2.75) is 0 Å². The van der Waals surface area contributed by atoms with Crippen LogP contribution in [0.25, 0.3) is 10.9 Å². The molecule has 2 aromatic carbocycles. The van der Waals surface area contributed by atoms with Crippen LogP contribution in [0.5, 0.6) is 0 Å². The number of hydrogen-bond acceptors (Lipinski definition) is 2. The first kappa shape index (κ1) is 13.2. The van der Waals surface area contributed by atoms with Gasteiger partial charge >= 0.3 is 0 Å². The Labute approximate surface area is 117 Å². The first-order valence-electron chi connectivity index (χ1n) is 6.03. The highest BCUT2D eigenvalue weighted by molar-refractivity contribution is 6.18. The third-order valence-corrected chi connectivity index (χ3v) is 3.23. The maximum atomic E-state index is 13.3. The molecule has 0 spiro atoms. The second-order valence-corrected chi connectivity index (χ2v) is 4.57. The fourth-order valence-electron chi connectivity index (χ4n) is 2.18. The molecule has 6 heteroatoms. The molecule has 106 valence electrons. The van der Waals surface area contributed by atoms with E-state index in [2.05, 4.69) is 4.98 Å². The second-order valence-electron chi connectivity index (χ2n) is 4.57. The molecule has 3 aromatic rings. The molecule has 0 unspecified atom stereocenters. The molecule has 0 aliphatic rings. The molecule has 21 heavy (non-hydrogen) atoms. The third-order valence-electron chi connectivity index (χ3n) is 3.23. The number of fused-ring (bicyclic) bond motifs is 1. The van der Waals surface area contributed by atoms with Gasteiger partial charge in [-0.25, -0.2) is 13.2 Å². The summed E-state index contributed by atoms with van der Waals surface area (Å²) in [5.74, 6) is -3.41. The summed E-state index contributed by atoms with van der Waals surface area (Å²) in [5, 5.41) is 0.351. The lowest BCUT2D eigenvalue weighted by atomic mass is 10.0. The monoisotopic (exact) mass is 290 g/mol. The predicted octanol–water partition coefficient (Wildman–Crippen LogP) is 3.40. The van der Waals surface area contributed by atoms with E-state index in [1.165, 1.54) is 24.4 Å². The van der Waals surface area contributed by atoms with Crippen molar-refractivity contribution < 1.29 is 18.0 Å². The van der Waals surface area contributed by atoms with Gasteiger partial charge in [-0.2, -0.15) is 0 Å². The molecule has 0 saturated heterocycles. The normalized spacial score (nSPS) is 11.0. The summed E-state index contributed by atoms with van der Waals surface area (Å²) in [7, 11) is 0. The number of carbonyl (C=O) groups is 1. The van der Waals surface area contributed by atoms with Crippen LogP contribution in [-0.4, -0.2) is 10.8 Å². The zero-order valence-corrected chi connectivity index (χ0v) is 10.6. The van der Waals surface area contributed by atoms with Crippen LogP contribution < -0.4 is 5.73 Å². The summed E-state index contributed by atoms with van der Waals surface area (Å²) < 4.78 is 39.6. The zero-order chi connectivity index (χ0) is 15.1. The van der Waals surface area contributed by atoms with Gasteiger partial charge in [0.1, 0.15) is 5.82 Å². The fourth-order valence-corrected chi connectivity index (χ4v) is 2.18. The SMILES string of the molecule is Nc1cc(F)c(F)cc1C(=O)c1c[nH]c2ccc(F)cc12. The van der Waals surface area contributed by atoms with Crippen LogP contribution in [0.3, 0.4) is 0 Å². The number of ketones is 1. The molecule has 0 radical (unpaired) electrons. The summed E-state index contributed by atoms with van der Waals surface area (Å²) in [6, 6.07) is 5.41. The van der Waals surface area contributed by atoms with Crippen molar-refractivity contribution >= 4 is 22.4 Å². The van der Waals surface area contributed by atoms with Gasteiger partial charge in [-0.3, -0.25) is 4.79 Å². The molecule has 0 amide bonds. The van der Waals surface area contributed by atoms with Crippen molar-refractivity contribution in [2.75, 3.05) is 5.73 Å². The van der Waals surface area contributed by atoms with Crippen molar-refractivity contribution in [3.8, 4) is 0 Å². The van der Waals surface area contributed by atoms with Crippen LogP contribution in [0.1, 0.15) is 15.9 Å². The van der Waals surface area contributed by atoms with E-state index in [4.69, 9.17) is 5.73 Å². The lowest BCUT2D eigenvalue weighted by Crippen LogP contribution is -2.06. The molecule has 0 fully saturated rings. The number of nitrogens with one attached hydrogen (secondary N) is 1. The summed E-state index contributed by atoms with van der Waals surface area (Å²) in [6.07, 6.45) is 1.38. The first-order valence-corrected chi connectivity index (χ1v) is 6.03. The number of benzene rings is 2. The van der Waals surface area contributed by atoms with Crippen molar-refractivity contribution in [3.05, 3.63) is 65.1 Å². The van der Waals surface area contributed by atoms with Crippen LogP contribution >= 0.6 is 0 Å². The number of nitrogen functional groups attached to an aromatic ring is 1. The summed E-state index contributed by atoms with van der Waals surface area (Å²) in [5.41, 5.74) is 5.91. The Balaban J connectivity index is 2.17. The molecule has 0 aliphatic carbocycles. The Kier molecular flexibility index (Phi) is 2.94. The number of rotatable bonds is 2. The minimum atomic E-state index is -1.17. The molecule has 1 heterocycles. The van der Waals surface area contributed by atoms with Gasteiger partial charge in [0.25, 0.3) is 0 Å². The molecule has 1 aromatic heterocycles. The van der Waals surface area contributed by atoms with E-state index in [0.717, 1.165) is 12.1 Å². The van der Waals surface area contributed by atoms with Crippen LogP contribution in [0.4, 0.5) is 18.9 Å². The van der Waals surface area contributed by atoms with E-state index in [1.54, 1.807) is 0 Å². The molecule has 0 aliphatic heterocycles. The van der Waals surface area contributed by atoms with Crippen molar-refractivity contribution in [1.29, 1.82) is 0 Å². The van der Waals surface area contributed by atoms with Crippen molar-refractivity contribution in [1.82, 2.24) is 4.98 Å². The quantitative estimate of drug-likeness (QED) is 0.561. The largest absolute Gasteiger partial charge is 0.398 e. The maximum absolute atomic E-state index is 13.3. The Bertz CT molecular complexity index is 871. The van der Waals surface area contributed by atoms with Gasteiger partial charge in [-0.1, -0.05) is 0 Å². The maximum Gasteiger partial charge on any atom is 0.197 e. The molecule has 0 atom stereocenters. The van der Waals surface area contributed by atoms with E-state index in [0.29, 0.717) is 10.9 Å². The zero-order valence-electron chi connectivity index (χ0n) is 10.6. The molecule has 3 nitrogen and oxygen atoms in total. The summed E-state index contributed by atoms with van der Waals surface area (Å²) >= 11 is 0. The third kappa shape index (κ3) is 2.14. The lowest BCUT2D eigenvalue weighted by Gasteiger charge is -2.05. The fraction of sp³-hybridized carbons (Fsp3) is 0. The predicted molar refractivity (Wildman–Crippen MR) is 72.5 cm³/mol. The Morgan fingerprint density at radius 2 is 1.71 bits per heavy atom. The standard InChI is InChI=1S/C15H9F3N2O/c16-7-1-2-14-8(3-7)10(6-20-14)15(21)9-4-11(17)12(18)5-13(9)19/h1-6,20H,19H2.